The van der Waals surface area contributed by atoms with Crippen molar-refractivity contribution in [3.8, 4) is 0 Å². The van der Waals surface area contributed by atoms with Crippen molar-refractivity contribution in [2.75, 3.05) is 13.2 Å². The van der Waals surface area contributed by atoms with Gasteiger partial charge in [0.2, 0.25) is 11.8 Å². The summed E-state index contributed by atoms with van der Waals surface area (Å²) in [5.41, 5.74) is -0.520. The molecule has 1 saturated carbocycles. The van der Waals surface area contributed by atoms with Crippen molar-refractivity contribution < 1.29 is 28.7 Å². The summed E-state index contributed by atoms with van der Waals surface area (Å²) in [6, 6.07) is -0.701. The molecule has 1 heterocycles. The number of nitrogens with zero attached hydrogens (tertiary/aromatic N) is 1. The average molecular weight is 367 g/mol. The van der Waals surface area contributed by atoms with Crippen LogP contribution in [0.1, 0.15) is 46.5 Å². The van der Waals surface area contributed by atoms with Gasteiger partial charge in [0.25, 0.3) is 5.91 Å². The quantitative estimate of drug-likeness (QED) is 0.545. The van der Waals surface area contributed by atoms with Crippen LogP contribution < -0.4 is 10.6 Å². The topological polar surface area (TPSA) is 122 Å². The van der Waals surface area contributed by atoms with E-state index >= 15 is 0 Å². The predicted octanol–water partition coefficient (Wildman–Crippen LogP) is 0.329. The van der Waals surface area contributed by atoms with Crippen molar-refractivity contribution >= 4 is 29.7 Å². The zero-order chi connectivity index (χ0) is 19.5. The van der Waals surface area contributed by atoms with Gasteiger partial charge in [-0.1, -0.05) is 12.8 Å². The van der Waals surface area contributed by atoms with Gasteiger partial charge >= 0.3 is 12.0 Å². The van der Waals surface area contributed by atoms with Crippen molar-refractivity contribution in [2.24, 2.45) is 11.8 Å². The van der Waals surface area contributed by atoms with Gasteiger partial charge in [-0.05, 0) is 33.6 Å². The van der Waals surface area contributed by atoms with E-state index < -0.39 is 36.6 Å². The molecule has 144 valence electrons. The fourth-order valence-electron chi connectivity index (χ4n) is 3.24. The first kappa shape index (κ1) is 19.9. The molecular weight excluding hydrogens is 342 g/mol. The molecule has 0 aromatic carbocycles. The highest BCUT2D eigenvalue weighted by Gasteiger charge is 2.48. The van der Waals surface area contributed by atoms with E-state index in [2.05, 4.69) is 5.32 Å². The Balaban J connectivity index is 1.78. The molecule has 9 nitrogen and oxygen atoms in total. The van der Waals surface area contributed by atoms with Crippen molar-refractivity contribution in [1.82, 2.24) is 15.5 Å². The van der Waals surface area contributed by atoms with Crippen LogP contribution in [0.4, 0.5) is 4.79 Å². The number of urea groups is 1. The summed E-state index contributed by atoms with van der Waals surface area (Å²) in [7, 11) is 0. The maximum atomic E-state index is 12.3. The number of carbonyl (C=O) groups excluding carboxylic acids is 5. The minimum Gasteiger partial charge on any atom is -0.454 e. The lowest BCUT2D eigenvalue weighted by molar-refractivity contribution is -0.154. The second-order valence-corrected chi connectivity index (χ2v) is 7.67. The molecule has 9 heteroatoms. The third-order valence-corrected chi connectivity index (χ3v) is 4.33. The van der Waals surface area contributed by atoms with E-state index in [9.17, 15) is 24.0 Å². The molecule has 0 bridgehead atoms. The molecule has 2 aliphatic rings. The third kappa shape index (κ3) is 5.03. The van der Waals surface area contributed by atoms with E-state index in [1.165, 1.54) is 0 Å². The van der Waals surface area contributed by atoms with E-state index in [0.29, 0.717) is 12.8 Å². The number of hydrogen-bond acceptors (Lipinski definition) is 6. The fraction of sp³-hybridized carbons (Fsp3) is 0.706. The first-order valence-corrected chi connectivity index (χ1v) is 8.71. The largest absolute Gasteiger partial charge is 0.454 e. The van der Waals surface area contributed by atoms with Crippen molar-refractivity contribution in [2.45, 2.75) is 52.0 Å². The van der Waals surface area contributed by atoms with Crippen LogP contribution in [0.2, 0.25) is 0 Å². The Morgan fingerprint density at radius 1 is 1.08 bits per heavy atom. The van der Waals surface area contributed by atoms with Crippen molar-refractivity contribution in [3.63, 3.8) is 0 Å². The summed E-state index contributed by atoms with van der Waals surface area (Å²) in [5.74, 6) is -3.03. The minimum atomic E-state index is -0.864. The number of nitrogens with one attached hydrogen (secondary N) is 2. The average Bonchev–Trinajstić information content (AvgIpc) is 2.76. The molecule has 0 spiro atoms. The fourth-order valence-corrected chi connectivity index (χ4v) is 3.24. The number of esters is 1. The molecule has 5 amide bonds. The van der Waals surface area contributed by atoms with E-state index in [1.54, 1.807) is 20.8 Å². The number of imide groups is 2. The summed E-state index contributed by atoms with van der Waals surface area (Å²) >= 11 is 0. The maximum absolute atomic E-state index is 12.3. The Bertz CT molecular complexity index is 600. The van der Waals surface area contributed by atoms with Crippen LogP contribution in [-0.4, -0.2) is 53.3 Å². The van der Waals surface area contributed by atoms with Crippen LogP contribution in [0.25, 0.3) is 0 Å². The summed E-state index contributed by atoms with van der Waals surface area (Å²) in [6.07, 6.45) is 3.11. The number of ether oxygens (including phenoxy) is 1. The minimum absolute atomic E-state index is 0.339. The Morgan fingerprint density at radius 2 is 1.62 bits per heavy atom. The van der Waals surface area contributed by atoms with Gasteiger partial charge in [0.05, 0.1) is 11.8 Å². The van der Waals surface area contributed by atoms with Gasteiger partial charge < -0.3 is 10.1 Å². The van der Waals surface area contributed by atoms with Gasteiger partial charge in [0.1, 0.15) is 6.54 Å². The van der Waals surface area contributed by atoms with Gasteiger partial charge in [-0.15, -0.1) is 0 Å². The second-order valence-electron chi connectivity index (χ2n) is 7.67. The van der Waals surface area contributed by atoms with Gasteiger partial charge in [-0.3, -0.25) is 29.4 Å². The van der Waals surface area contributed by atoms with Crippen LogP contribution >= 0.6 is 0 Å². The number of fused-ring (bicyclic) bond motifs is 1. The molecule has 2 N–H and O–H groups in total. The molecule has 1 aliphatic carbocycles. The van der Waals surface area contributed by atoms with E-state index in [4.69, 9.17) is 4.74 Å². The van der Waals surface area contributed by atoms with E-state index in [0.717, 1.165) is 17.7 Å². The lowest BCUT2D eigenvalue weighted by Gasteiger charge is -2.20. The number of likely N-dealkylation sites (tertiary alicyclic amines) is 1. The molecule has 0 unspecified atom stereocenters. The van der Waals surface area contributed by atoms with E-state index in [1.807, 2.05) is 5.32 Å². The molecule has 0 radical (unpaired) electrons. The lowest BCUT2D eigenvalue weighted by Crippen LogP contribution is -2.49. The number of rotatable bonds is 4. The standard InChI is InChI=1S/C17H25N3O6/c1-17(2,3)19-16(25)18-12(21)9-26-13(22)8-20-14(23)10-6-4-5-7-11(10)15(20)24/h10-11H,4-9H2,1-3H3,(H2,18,19,21,25)/t10-,11-/m0/s1. The summed E-state index contributed by atoms with van der Waals surface area (Å²) in [5, 5.41) is 4.56. The van der Waals surface area contributed by atoms with Gasteiger partial charge in [0, 0.05) is 5.54 Å². The first-order valence-electron chi connectivity index (χ1n) is 8.71. The van der Waals surface area contributed by atoms with Crippen LogP contribution in [0, 0.1) is 11.8 Å². The Kier molecular flexibility index (Phi) is 5.99. The Hall–Kier alpha value is -2.45. The number of hydrogen-bond donors (Lipinski definition) is 2. The molecule has 0 aromatic rings. The molecule has 2 atom stereocenters. The third-order valence-electron chi connectivity index (χ3n) is 4.33. The second kappa shape index (κ2) is 7.84. The maximum Gasteiger partial charge on any atom is 0.326 e. The molecule has 26 heavy (non-hydrogen) atoms. The monoisotopic (exact) mass is 367 g/mol. The molecular formula is C17H25N3O6. The molecule has 1 aliphatic heterocycles. The summed E-state index contributed by atoms with van der Waals surface area (Å²) < 4.78 is 4.77. The Morgan fingerprint density at radius 3 is 2.12 bits per heavy atom. The molecule has 2 fully saturated rings. The van der Waals surface area contributed by atoms with Crippen LogP contribution in [0.5, 0.6) is 0 Å². The van der Waals surface area contributed by atoms with Crippen LogP contribution in [0.15, 0.2) is 0 Å². The normalized spacial score (nSPS) is 22.7. The smallest absolute Gasteiger partial charge is 0.326 e. The van der Waals surface area contributed by atoms with Gasteiger partial charge in [-0.25, -0.2) is 4.79 Å². The molecule has 0 aromatic heterocycles. The zero-order valence-corrected chi connectivity index (χ0v) is 15.3. The number of amides is 5. The van der Waals surface area contributed by atoms with Crippen LogP contribution in [-0.2, 0) is 23.9 Å². The van der Waals surface area contributed by atoms with Gasteiger partial charge in [0.15, 0.2) is 6.61 Å². The zero-order valence-electron chi connectivity index (χ0n) is 15.3. The first-order chi connectivity index (χ1) is 12.1. The SMILES string of the molecule is CC(C)(C)NC(=O)NC(=O)COC(=O)CN1C(=O)[C@H]2CCCC[C@@H]2C1=O. The predicted molar refractivity (Wildman–Crippen MR) is 89.6 cm³/mol. The number of carbonyl (C=O) groups is 5. The van der Waals surface area contributed by atoms with E-state index in [-0.39, 0.29) is 23.7 Å². The lowest BCUT2D eigenvalue weighted by atomic mass is 9.81. The summed E-state index contributed by atoms with van der Waals surface area (Å²) in [6.45, 7) is 4.07. The van der Waals surface area contributed by atoms with Crippen LogP contribution in [0.3, 0.4) is 0 Å². The highest BCUT2D eigenvalue weighted by molar-refractivity contribution is 6.07. The van der Waals surface area contributed by atoms with Gasteiger partial charge in [-0.2, -0.15) is 0 Å². The molecule has 2 rings (SSSR count). The highest BCUT2D eigenvalue weighted by atomic mass is 16.5. The van der Waals surface area contributed by atoms with Crippen molar-refractivity contribution in [1.29, 1.82) is 0 Å². The van der Waals surface area contributed by atoms with Crippen molar-refractivity contribution in [3.05, 3.63) is 0 Å². The summed E-state index contributed by atoms with van der Waals surface area (Å²) in [4.78, 5) is 60.5. The Labute approximate surface area is 151 Å². The molecule has 1 saturated heterocycles. The highest BCUT2D eigenvalue weighted by Crippen LogP contribution is 2.37.